The molecule has 0 atom stereocenters. The first-order valence-electron chi connectivity index (χ1n) is 9.53. The van der Waals surface area contributed by atoms with Crippen molar-refractivity contribution < 1.29 is 19.1 Å². The summed E-state index contributed by atoms with van der Waals surface area (Å²) in [5, 5.41) is 3.12. The van der Waals surface area contributed by atoms with E-state index in [1.807, 2.05) is 13.0 Å². The van der Waals surface area contributed by atoms with E-state index in [-0.39, 0.29) is 10.7 Å². The van der Waals surface area contributed by atoms with Crippen molar-refractivity contribution in [3.63, 3.8) is 0 Å². The van der Waals surface area contributed by atoms with Crippen LogP contribution >= 0.6 is 23.2 Å². The van der Waals surface area contributed by atoms with Crippen LogP contribution in [-0.4, -0.2) is 17.8 Å². The predicted octanol–water partition coefficient (Wildman–Crippen LogP) is 5.30. The first-order chi connectivity index (χ1) is 15.3. The summed E-state index contributed by atoms with van der Waals surface area (Å²) in [4.78, 5) is 38.8. The van der Waals surface area contributed by atoms with E-state index in [2.05, 4.69) is 5.32 Å². The summed E-state index contributed by atoms with van der Waals surface area (Å²) in [6.07, 6.45) is 0. The third-order valence-corrected chi connectivity index (χ3v) is 5.27. The number of esters is 1. The highest BCUT2D eigenvalue weighted by molar-refractivity contribution is 6.53. The Labute approximate surface area is 194 Å². The molecule has 0 aromatic heterocycles. The van der Waals surface area contributed by atoms with Crippen LogP contribution in [0.4, 0.5) is 11.4 Å². The lowest BCUT2D eigenvalue weighted by Crippen LogP contribution is -2.32. The number of ether oxygens (including phenoxy) is 1. The lowest BCUT2D eigenvalue weighted by Gasteiger charge is -2.15. The second-order valence-electron chi connectivity index (χ2n) is 7.02. The molecular formula is C24H16Cl2N2O4. The van der Waals surface area contributed by atoms with Gasteiger partial charge < -0.3 is 10.1 Å². The summed E-state index contributed by atoms with van der Waals surface area (Å²) < 4.78 is 5.30. The Bertz CT molecular complexity index is 1270. The second-order valence-corrected chi connectivity index (χ2v) is 7.84. The van der Waals surface area contributed by atoms with Gasteiger partial charge in [-0.15, -0.1) is 0 Å². The minimum atomic E-state index is -0.605. The van der Waals surface area contributed by atoms with Gasteiger partial charge in [-0.25, -0.2) is 9.69 Å². The Hall–Kier alpha value is -3.61. The highest BCUT2D eigenvalue weighted by Crippen LogP contribution is 2.30. The van der Waals surface area contributed by atoms with E-state index in [0.717, 1.165) is 10.5 Å². The number of amides is 2. The van der Waals surface area contributed by atoms with Gasteiger partial charge in [-0.3, -0.25) is 9.59 Å². The fraction of sp³-hybridized carbons (Fsp3) is 0.0417. The average Bonchev–Trinajstić information content (AvgIpc) is 2.97. The molecule has 0 bridgehead atoms. The van der Waals surface area contributed by atoms with Crippen molar-refractivity contribution in [3.8, 4) is 5.75 Å². The van der Waals surface area contributed by atoms with Crippen molar-refractivity contribution in [2.24, 2.45) is 0 Å². The number of carbonyl (C=O) groups is 3. The van der Waals surface area contributed by atoms with E-state index in [1.54, 1.807) is 48.5 Å². The number of aryl methyl sites for hydroxylation is 1. The Morgan fingerprint density at radius 1 is 0.906 bits per heavy atom. The molecule has 0 unspecified atom stereocenters. The molecule has 0 saturated heterocycles. The van der Waals surface area contributed by atoms with Crippen molar-refractivity contribution in [1.29, 1.82) is 0 Å². The number of hydrogen-bond acceptors (Lipinski definition) is 5. The van der Waals surface area contributed by atoms with Gasteiger partial charge in [0.25, 0.3) is 11.8 Å². The Morgan fingerprint density at radius 2 is 1.62 bits per heavy atom. The standard InChI is InChI=1S/C24H16Cl2N2O4/c1-14-4-2-6-18(12-14)28-22(29)20(26)21(23(28)30)27-17-10-8-15(9-11-17)24(31)32-19-7-3-5-16(25)13-19/h2-13,27H,1H3. The monoisotopic (exact) mass is 466 g/mol. The SMILES string of the molecule is Cc1cccc(N2C(=O)C(Cl)=C(Nc3ccc(C(=O)Oc4cccc(Cl)c4)cc3)C2=O)c1. The van der Waals surface area contributed by atoms with Crippen molar-refractivity contribution in [2.75, 3.05) is 10.2 Å². The quantitative estimate of drug-likeness (QED) is 0.313. The van der Waals surface area contributed by atoms with Gasteiger partial charge in [0.1, 0.15) is 16.5 Å². The van der Waals surface area contributed by atoms with E-state index < -0.39 is 17.8 Å². The minimum Gasteiger partial charge on any atom is -0.423 e. The van der Waals surface area contributed by atoms with E-state index in [0.29, 0.717) is 27.7 Å². The molecular weight excluding hydrogens is 451 g/mol. The van der Waals surface area contributed by atoms with Crippen molar-refractivity contribution >= 4 is 52.4 Å². The van der Waals surface area contributed by atoms with Crippen LogP contribution in [0.1, 0.15) is 15.9 Å². The molecule has 1 N–H and O–H groups in total. The largest absolute Gasteiger partial charge is 0.423 e. The highest BCUT2D eigenvalue weighted by Gasteiger charge is 2.38. The number of carbonyl (C=O) groups excluding carboxylic acids is 3. The summed E-state index contributed by atoms with van der Waals surface area (Å²) in [7, 11) is 0. The second kappa shape index (κ2) is 8.86. The van der Waals surface area contributed by atoms with E-state index in [4.69, 9.17) is 27.9 Å². The van der Waals surface area contributed by atoms with Gasteiger partial charge >= 0.3 is 5.97 Å². The highest BCUT2D eigenvalue weighted by atomic mass is 35.5. The van der Waals surface area contributed by atoms with Crippen molar-refractivity contribution in [2.45, 2.75) is 6.92 Å². The molecule has 3 aromatic rings. The molecule has 2 amide bonds. The van der Waals surface area contributed by atoms with Gasteiger partial charge in [-0.05, 0) is 67.1 Å². The number of hydrogen-bond donors (Lipinski definition) is 1. The lowest BCUT2D eigenvalue weighted by molar-refractivity contribution is -0.120. The van der Waals surface area contributed by atoms with Crippen LogP contribution in [-0.2, 0) is 9.59 Å². The van der Waals surface area contributed by atoms with Gasteiger partial charge in [0.15, 0.2) is 0 Å². The number of halogens is 2. The Morgan fingerprint density at radius 3 is 2.31 bits per heavy atom. The number of imide groups is 1. The van der Waals surface area contributed by atoms with Crippen molar-refractivity contribution in [3.05, 3.63) is 99.7 Å². The van der Waals surface area contributed by atoms with Gasteiger partial charge in [0.2, 0.25) is 0 Å². The lowest BCUT2D eigenvalue weighted by atomic mass is 10.2. The zero-order valence-corrected chi connectivity index (χ0v) is 18.3. The molecule has 1 heterocycles. The fourth-order valence-electron chi connectivity index (χ4n) is 3.14. The third kappa shape index (κ3) is 4.37. The molecule has 160 valence electrons. The molecule has 6 nitrogen and oxygen atoms in total. The summed E-state index contributed by atoms with van der Waals surface area (Å²) in [6.45, 7) is 1.86. The third-order valence-electron chi connectivity index (χ3n) is 4.68. The number of rotatable bonds is 5. The van der Waals surface area contributed by atoms with E-state index in [1.165, 1.54) is 18.2 Å². The molecule has 0 spiro atoms. The Kier molecular flexibility index (Phi) is 5.99. The summed E-state index contributed by atoms with van der Waals surface area (Å²) >= 11 is 12.1. The maximum Gasteiger partial charge on any atom is 0.343 e. The van der Waals surface area contributed by atoms with Crippen LogP contribution < -0.4 is 15.0 Å². The molecule has 8 heteroatoms. The maximum atomic E-state index is 12.9. The predicted molar refractivity (Wildman–Crippen MR) is 123 cm³/mol. The van der Waals surface area contributed by atoms with Gasteiger partial charge in [0, 0.05) is 10.7 Å². The average molecular weight is 467 g/mol. The minimum absolute atomic E-state index is 0.0348. The zero-order valence-electron chi connectivity index (χ0n) is 16.8. The van der Waals surface area contributed by atoms with Crippen LogP contribution in [0, 0.1) is 6.92 Å². The van der Waals surface area contributed by atoms with Crippen LogP contribution in [0.3, 0.4) is 0 Å². The maximum absolute atomic E-state index is 12.9. The zero-order chi connectivity index (χ0) is 22.8. The first-order valence-corrected chi connectivity index (χ1v) is 10.3. The van der Waals surface area contributed by atoms with Crippen LogP contribution in [0.25, 0.3) is 0 Å². The van der Waals surface area contributed by atoms with Gasteiger partial charge in [-0.1, -0.05) is 41.4 Å². The molecule has 1 aliphatic rings. The molecule has 0 saturated carbocycles. The molecule has 3 aromatic carbocycles. The number of anilines is 2. The van der Waals surface area contributed by atoms with E-state index >= 15 is 0 Å². The topological polar surface area (TPSA) is 75.7 Å². The van der Waals surface area contributed by atoms with Crippen LogP contribution in [0.5, 0.6) is 5.75 Å². The molecule has 32 heavy (non-hydrogen) atoms. The summed E-state index contributed by atoms with van der Waals surface area (Å²) in [5.41, 5.74) is 2.08. The number of nitrogens with one attached hydrogen (secondary N) is 1. The smallest absolute Gasteiger partial charge is 0.343 e. The molecule has 0 radical (unpaired) electrons. The molecule has 0 fully saturated rings. The number of nitrogens with zero attached hydrogens (tertiary/aromatic N) is 1. The molecule has 4 rings (SSSR count). The van der Waals surface area contributed by atoms with Gasteiger partial charge in [-0.2, -0.15) is 0 Å². The normalized spacial score (nSPS) is 13.5. The van der Waals surface area contributed by atoms with E-state index in [9.17, 15) is 14.4 Å². The molecule has 1 aliphatic heterocycles. The summed E-state index contributed by atoms with van der Waals surface area (Å²) in [5.74, 6) is -1.40. The van der Waals surface area contributed by atoms with Crippen molar-refractivity contribution in [1.82, 2.24) is 0 Å². The van der Waals surface area contributed by atoms with Crippen LogP contribution in [0.2, 0.25) is 5.02 Å². The fourth-order valence-corrected chi connectivity index (χ4v) is 3.54. The molecule has 0 aliphatic carbocycles. The summed E-state index contributed by atoms with van der Waals surface area (Å²) in [6, 6.07) is 19.7. The van der Waals surface area contributed by atoms with Gasteiger partial charge in [0.05, 0.1) is 11.3 Å². The first kappa shape index (κ1) is 21.6. The Balaban J connectivity index is 1.49. The van der Waals surface area contributed by atoms with Crippen LogP contribution in [0.15, 0.2) is 83.5 Å². The number of benzene rings is 3.